The number of amides is 2. The van der Waals surface area contributed by atoms with Crippen LogP contribution in [0, 0.1) is 0 Å². The molecule has 2 aromatic carbocycles. The van der Waals surface area contributed by atoms with Crippen LogP contribution in [0.25, 0.3) is 0 Å². The molecule has 2 amide bonds. The highest BCUT2D eigenvalue weighted by Crippen LogP contribution is 2.19. The Morgan fingerprint density at radius 1 is 1.17 bits per heavy atom. The molecule has 0 bridgehead atoms. The molecule has 5 nitrogen and oxygen atoms in total. The number of nitrogens with zero attached hydrogens (tertiary/aromatic N) is 1. The largest absolute Gasteiger partial charge is 0.497 e. The molecule has 1 N–H and O–H groups in total. The third-order valence-electron chi connectivity index (χ3n) is 4.61. The first kappa shape index (κ1) is 24.1. The Morgan fingerprint density at radius 3 is 2.53 bits per heavy atom. The van der Waals surface area contributed by atoms with Gasteiger partial charge < -0.3 is 15.0 Å². The summed E-state index contributed by atoms with van der Waals surface area (Å²) in [5, 5.41) is 3.57. The van der Waals surface area contributed by atoms with Crippen LogP contribution < -0.4 is 10.1 Å². The lowest BCUT2D eigenvalue weighted by Crippen LogP contribution is -2.48. The molecule has 0 aliphatic heterocycles. The van der Waals surface area contributed by atoms with Gasteiger partial charge in [-0.05, 0) is 48.7 Å². The van der Waals surface area contributed by atoms with E-state index in [1.54, 1.807) is 18.9 Å². The molecule has 2 aromatic rings. The number of hydrogen-bond donors (Lipinski definition) is 1. The average molecular weight is 449 g/mol. The van der Waals surface area contributed by atoms with Crippen molar-refractivity contribution in [2.45, 2.75) is 38.6 Å². The molecule has 1 atom stereocenters. The van der Waals surface area contributed by atoms with Gasteiger partial charge in [0.1, 0.15) is 11.8 Å². The van der Waals surface area contributed by atoms with Crippen molar-refractivity contribution in [1.82, 2.24) is 10.2 Å². The minimum absolute atomic E-state index is 0.0722. The molecule has 162 valence electrons. The normalized spacial score (nSPS) is 11.6. The molecule has 0 aromatic heterocycles. The van der Waals surface area contributed by atoms with Crippen LogP contribution in [0.15, 0.2) is 48.5 Å². The molecule has 0 aliphatic carbocycles. The molecular formula is C23H29ClN2O3S. The minimum Gasteiger partial charge on any atom is -0.497 e. The zero-order valence-electron chi connectivity index (χ0n) is 17.7. The Balaban J connectivity index is 2.05. The van der Waals surface area contributed by atoms with Crippen molar-refractivity contribution in [1.29, 1.82) is 0 Å². The van der Waals surface area contributed by atoms with Gasteiger partial charge in [0.15, 0.2) is 0 Å². The minimum atomic E-state index is -0.557. The van der Waals surface area contributed by atoms with Gasteiger partial charge in [-0.2, -0.15) is 0 Å². The second kappa shape index (κ2) is 12.5. The Morgan fingerprint density at radius 2 is 1.90 bits per heavy atom. The predicted octanol–water partition coefficient (Wildman–Crippen LogP) is 4.53. The summed E-state index contributed by atoms with van der Waals surface area (Å²) in [5.74, 6) is 1.51. The zero-order valence-corrected chi connectivity index (χ0v) is 19.3. The quantitative estimate of drug-likeness (QED) is 0.548. The van der Waals surface area contributed by atoms with Crippen molar-refractivity contribution in [3.05, 3.63) is 64.7 Å². The first-order chi connectivity index (χ1) is 14.4. The van der Waals surface area contributed by atoms with Crippen molar-refractivity contribution in [3.8, 4) is 5.75 Å². The lowest BCUT2D eigenvalue weighted by atomic mass is 10.1. The number of halogens is 1. The summed E-state index contributed by atoms with van der Waals surface area (Å²) in [5.41, 5.74) is 2.01. The van der Waals surface area contributed by atoms with Crippen molar-refractivity contribution < 1.29 is 14.3 Å². The summed E-state index contributed by atoms with van der Waals surface area (Å²) in [6, 6.07) is 14.6. The van der Waals surface area contributed by atoms with E-state index in [9.17, 15) is 9.59 Å². The SMILES string of the molecule is CCCNC(=O)[C@@H](C)N(Cc1ccc(OC)cc1)C(=O)CSCc1cccc(Cl)c1. The van der Waals surface area contributed by atoms with E-state index in [2.05, 4.69) is 5.32 Å². The maximum atomic E-state index is 13.0. The van der Waals surface area contributed by atoms with Gasteiger partial charge in [0, 0.05) is 23.9 Å². The Hall–Kier alpha value is -2.18. The second-order valence-electron chi connectivity index (χ2n) is 6.96. The summed E-state index contributed by atoms with van der Waals surface area (Å²) < 4.78 is 5.20. The van der Waals surface area contributed by atoms with E-state index in [0.29, 0.717) is 23.9 Å². The van der Waals surface area contributed by atoms with Crippen molar-refractivity contribution in [3.63, 3.8) is 0 Å². The molecule has 7 heteroatoms. The third-order valence-corrected chi connectivity index (χ3v) is 5.84. The Bertz CT molecular complexity index is 829. The second-order valence-corrected chi connectivity index (χ2v) is 8.38. The van der Waals surface area contributed by atoms with Crippen molar-refractivity contribution in [2.75, 3.05) is 19.4 Å². The third kappa shape index (κ3) is 7.58. The summed E-state index contributed by atoms with van der Waals surface area (Å²) in [7, 11) is 1.61. The molecule has 0 heterocycles. The van der Waals surface area contributed by atoms with Gasteiger partial charge in [-0.3, -0.25) is 9.59 Å². The lowest BCUT2D eigenvalue weighted by Gasteiger charge is -2.28. The van der Waals surface area contributed by atoms with E-state index < -0.39 is 6.04 Å². The van der Waals surface area contributed by atoms with Crippen molar-refractivity contribution >= 4 is 35.2 Å². The van der Waals surface area contributed by atoms with Crippen LogP contribution in [-0.2, 0) is 21.9 Å². The van der Waals surface area contributed by atoms with Gasteiger partial charge >= 0.3 is 0 Å². The first-order valence-electron chi connectivity index (χ1n) is 9.97. The van der Waals surface area contributed by atoms with Crippen LogP contribution >= 0.6 is 23.4 Å². The summed E-state index contributed by atoms with van der Waals surface area (Å²) in [4.78, 5) is 27.2. The highest BCUT2D eigenvalue weighted by molar-refractivity contribution is 7.99. The fraction of sp³-hybridized carbons (Fsp3) is 0.391. The summed E-state index contributed by atoms with van der Waals surface area (Å²) >= 11 is 7.54. The van der Waals surface area contributed by atoms with E-state index in [1.807, 2.05) is 55.5 Å². The van der Waals surface area contributed by atoms with E-state index in [4.69, 9.17) is 16.3 Å². The molecule has 0 radical (unpaired) electrons. The number of hydrogen-bond acceptors (Lipinski definition) is 4. The van der Waals surface area contributed by atoms with Crippen LogP contribution in [0.1, 0.15) is 31.4 Å². The van der Waals surface area contributed by atoms with Crippen LogP contribution in [0.2, 0.25) is 5.02 Å². The van der Waals surface area contributed by atoms with E-state index in [1.165, 1.54) is 11.8 Å². The number of methoxy groups -OCH3 is 1. The Labute approximate surface area is 188 Å². The smallest absolute Gasteiger partial charge is 0.242 e. The van der Waals surface area contributed by atoms with E-state index >= 15 is 0 Å². The number of carbonyl (C=O) groups is 2. The maximum absolute atomic E-state index is 13.0. The van der Waals surface area contributed by atoms with Crippen LogP contribution in [-0.4, -0.2) is 42.2 Å². The molecular weight excluding hydrogens is 420 g/mol. The molecule has 0 fully saturated rings. The Kier molecular flexibility index (Phi) is 10.0. The van der Waals surface area contributed by atoms with Gasteiger partial charge in [0.25, 0.3) is 0 Å². The monoisotopic (exact) mass is 448 g/mol. The topological polar surface area (TPSA) is 58.6 Å². The van der Waals surface area contributed by atoms with Gasteiger partial charge in [-0.25, -0.2) is 0 Å². The molecule has 30 heavy (non-hydrogen) atoms. The average Bonchev–Trinajstić information content (AvgIpc) is 2.75. The van der Waals surface area contributed by atoms with Gasteiger partial charge in [-0.15, -0.1) is 11.8 Å². The number of ether oxygens (including phenoxy) is 1. The number of rotatable bonds is 11. The predicted molar refractivity (Wildman–Crippen MR) is 124 cm³/mol. The molecule has 2 rings (SSSR count). The number of benzene rings is 2. The first-order valence-corrected chi connectivity index (χ1v) is 11.5. The van der Waals surface area contributed by atoms with Crippen molar-refractivity contribution in [2.24, 2.45) is 0 Å². The fourth-order valence-corrected chi connectivity index (χ4v) is 3.94. The van der Waals surface area contributed by atoms with Crippen LogP contribution in [0.5, 0.6) is 5.75 Å². The van der Waals surface area contributed by atoms with Crippen LogP contribution in [0.3, 0.4) is 0 Å². The molecule has 0 saturated heterocycles. The molecule has 0 unspecified atom stereocenters. The number of carbonyl (C=O) groups excluding carboxylic acids is 2. The number of nitrogens with one attached hydrogen (secondary N) is 1. The maximum Gasteiger partial charge on any atom is 0.242 e. The molecule has 0 spiro atoms. The van der Waals surface area contributed by atoms with E-state index in [0.717, 1.165) is 23.3 Å². The van der Waals surface area contributed by atoms with Crippen LogP contribution in [0.4, 0.5) is 0 Å². The summed E-state index contributed by atoms with van der Waals surface area (Å²) in [6.07, 6.45) is 0.848. The number of thioether (sulfide) groups is 1. The summed E-state index contributed by atoms with van der Waals surface area (Å²) in [6.45, 7) is 4.73. The zero-order chi connectivity index (χ0) is 21.9. The van der Waals surface area contributed by atoms with E-state index in [-0.39, 0.29) is 17.6 Å². The van der Waals surface area contributed by atoms with Gasteiger partial charge in [0.2, 0.25) is 11.8 Å². The highest BCUT2D eigenvalue weighted by atomic mass is 35.5. The highest BCUT2D eigenvalue weighted by Gasteiger charge is 2.25. The fourth-order valence-electron chi connectivity index (χ4n) is 2.87. The lowest BCUT2D eigenvalue weighted by molar-refractivity contribution is -0.138. The standard InChI is InChI=1S/C23H29ClN2O3S/c1-4-12-25-23(28)17(2)26(14-18-8-10-21(29-3)11-9-18)22(27)16-30-15-19-6-5-7-20(24)13-19/h5-11,13,17H,4,12,14-16H2,1-3H3,(H,25,28)/t17-/m1/s1. The van der Waals surface area contributed by atoms with Gasteiger partial charge in [0.05, 0.1) is 12.9 Å². The molecule has 0 aliphatic rings. The van der Waals surface area contributed by atoms with Gasteiger partial charge in [-0.1, -0.05) is 42.8 Å². The molecule has 0 saturated carbocycles.